The fourth-order valence-corrected chi connectivity index (χ4v) is 4.80. The van der Waals surface area contributed by atoms with Crippen LogP contribution in [0.3, 0.4) is 0 Å². The van der Waals surface area contributed by atoms with Crippen LogP contribution in [0.2, 0.25) is 5.02 Å². The van der Waals surface area contributed by atoms with E-state index in [9.17, 15) is 19.2 Å². The number of nitrogens with one attached hydrogen (secondary N) is 2. The summed E-state index contributed by atoms with van der Waals surface area (Å²) >= 11 is 6.41. The number of alkyl carbamates (subject to hydrolysis) is 1. The third-order valence-electron chi connectivity index (χ3n) is 6.74. The smallest absolute Gasteiger partial charge is 0.408 e. The first-order valence-corrected chi connectivity index (χ1v) is 13.8. The number of terminal acetylenes is 1. The highest BCUT2D eigenvalue weighted by molar-refractivity contribution is 6.34. The number of primary amides is 1. The monoisotopic (exact) mass is 580 g/mol. The van der Waals surface area contributed by atoms with Crippen LogP contribution in [0.4, 0.5) is 10.5 Å². The molecule has 1 aliphatic carbocycles. The molecule has 2 aromatic carbocycles. The van der Waals surface area contributed by atoms with Crippen molar-refractivity contribution >= 4 is 41.1 Å². The van der Waals surface area contributed by atoms with E-state index in [1.54, 1.807) is 57.2 Å². The molecule has 0 saturated heterocycles. The highest BCUT2D eigenvalue weighted by Gasteiger charge is 2.48. The van der Waals surface area contributed by atoms with E-state index in [0.717, 1.165) is 5.56 Å². The second-order valence-electron chi connectivity index (χ2n) is 11.3. The quantitative estimate of drug-likeness (QED) is 0.350. The Kier molecular flexibility index (Phi) is 10.1. The molecule has 0 aliphatic heterocycles. The van der Waals surface area contributed by atoms with Crippen molar-refractivity contribution < 1.29 is 23.9 Å². The molecule has 0 heterocycles. The fraction of sp³-hybridized carbons (Fsp3) is 0.419. The van der Waals surface area contributed by atoms with Crippen LogP contribution in [0, 0.1) is 25.2 Å². The Morgan fingerprint density at radius 3 is 2.32 bits per heavy atom. The predicted molar refractivity (Wildman–Crippen MR) is 158 cm³/mol. The van der Waals surface area contributed by atoms with Crippen molar-refractivity contribution in [3.63, 3.8) is 0 Å². The number of nitrogens with two attached hydrogens (primary N) is 1. The molecule has 1 aliphatic rings. The van der Waals surface area contributed by atoms with E-state index in [4.69, 9.17) is 28.5 Å². The van der Waals surface area contributed by atoms with Gasteiger partial charge in [0.25, 0.3) is 5.91 Å². The molecule has 2 aromatic rings. The molecule has 1 saturated carbocycles. The molecule has 10 heteroatoms. The first-order chi connectivity index (χ1) is 19.2. The van der Waals surface area contributed by atoms with Crippen molar-refractivity contribution in [1.29, 1.82) is 0 Å². The van der Waals surface area contributed by atoms with Crippen LogP contribution in [0.1, 0.15) is 69.7 Å². The summed E-state index contributed by atoms with van der Waals surface area (Å²) in [6.07, 6.45) is 5.14. The first-order valence-electron chi connectivity index (χ1n) is 13.4. The Balaban J connectivity index is 2.07. The molecule has 0 bridgehead atoms. The lowest BCUT2D eigenvalue weighted by Crippen LogP contribution is -2.53. The van der Waals surface area contributed by atoms with Gasteiger partial charge in [0.15, 0.2) is 0 Å². The minimum Gasteiger partial charge on any atom is -0.444 e. The summed E-state index contributed by atoms with van der Waals surface area (Å²) in [7, 11) is 0. The van der Waals surface area contributed by atoms with Crippen LogP contribution >= 0.6 is 11.6 Å². The molecule has 4 atom stereocenters. The number of nitrogens with zero attached hydrogens (tertiary/aromatic N) is 1. The highest BCUT2D eigenvalue weighted by Crippen LogP contribution is 2.41. The van der Waals surface area contributed by atoms with Gasteiger partial charge in [0.2, 0.25) is 11.8 Å². The number of hydrogen-bond donors (Lipinski definition) is 3. The van der Waals surface area contributed by atoms with Crippen molar-refractivity contribution in [3.05, 3.63) is 64.2 Å². The number of carbonyl (C=O) groups excluding carboxylic acids is 4. The largest absolute Gasteiger partial charge is 0.444 e. The molecular weight excluding hydrogens is 544 g/mol. The minimum absolute atomic E-state index is 0.0704. The zero-order chi connectivity index (χ0) is 30.5. The Morgan fingerprint density at radius 1 is 1.17 bits per heavy atom. The Hall–Kier alpha value is -4.03. The molecule has 4 amide bonds. The summed E-state index contributed by atoms with van der Waals surface area (Å²) in [6.45, 7) is 8.87. The number of aryl methyl sites for hydroxylation is 1. The molecule has 9 nitrogen and oxygen atoms in total. The van der Waals surface area contributed by atoms with Crippen molar-refractivity contribution in [1.82, 2.24) is 10.2 Å². The number of ether oxygens (including phenoxy) is 1. The van der Waals surface area contributed by atoms with E-state index in [1.165, 1.54) is 4.90 Å². The Bertz CT molecular complexity index is 1330. The average molecular weight is 581 g/mol. The van der Waals surface area contributed by atoms with Gasteiger partial charge in [-0.05, 0) is 75.8 Å². The van der Waals surface area contributed by atoms with Crippen LogP contribution in [-0.2, 0) is 19.1 Å². The number of para-hydroxylation sites is 1. The molecule has 218 valence electrons. The van der Waals surface area contributed by atoms with Gasteiger partial charge in [-0.2, -0.15) is 0 Å². The zero-order valence-corrected chi connectivity index (χ0v) is 24.7. The third kappa shape index (κ3) is 8.48. The maximum atomic E-state index is 14.3. The van der Waals surface area contributed by atoms with Crippen molar-refractivity contribution in [2.45, 2.75) is 77.6 Å². The van der Waals surface area contributed by atoms with Gasteiger partial charge in [0.1, 0.15) is 17.7 Å². The average Bonchev–Trinajstić information content (AvgIpc) is 3.61. The number of hydrogen-bond acceptors (Lipinski definition) is 5. The van der Waals surface area contributed by atoms with E-state index in [-0.39, 0.29) is 24.8 Å². The van der Waals surface area contributed by atoms with E-state index in [0.29, 0.717) is 28.3 Å². The Morgan fingerprint density at radius 2 is 1.80 bits per heavy atom. The number of carbonyl (C=O) groups is 4. The summed E-state index contributed by atoms with van der Waals surface area (Å²) in [5.41, 5.74) is 6.87. The molecule has 4 unspecified atom stereocenters. The molecule has 1 fully saturated rings. The summed E-state index contributed by atoms with van der Waals surface area (Å²) in [4.78, 5) is 54.2. The van der Waals surface area contributed by atoms with Crippen molar-refractivity contribution in [2.24, 2.45) is 11.7 Å². The van der Waals surface area contributed by atoms with Crippen LogP contribution in [0.25, 0.3) is 0 Å². The number of amides is 4. The maximum Gasteiger partial charge on any atom is 0.408 e. The lowest BCUT2D eigenvalue weighted by Gasteiger charge is -2.35. The van der Waals surface area contributed by atoms with Gasteiger partial charge in [-0.25, -0.2) is 4.79 Å². The summed E-state index contributed by atoms with van der Waals surface area (Å²) in [5, 5.41) is 5.86. The number of halogens is 1. The van der Waals surface area contributed by atoms with Crippen LogP contribution in [0.15, 0.2) is 42.5 Å². The molecular formula is C31H37ClN4O5. The second kappa shape index (κ2) is 13.1. The van der Waals surface area contributed by atoms with Gasteiger partial charge in [0.05, 0.1) is 10.7 Å². The Labute approximate surface area is 246 Å². The number of anilines is 1. The van der Waals surface area contributed by atoms with Crippen molar-refractivity contribution in [2.75, 3.05) is 5.32 Å². The predicted octanol–water partition coefficient (Wildman–Crippen LogP) is 4.71. The SMILES string of the molecule is C#Cc1ccc(C(C(=O)Nc2c(C)cccc2Cl)N(C(=O)C(CCC(N)=O)NC(=O)OC(C)(C)C)C2CC2C)cc1. The standard InChI is InChI=1S/C31H37ClN4O5/c1-7-20-11-13-21(14-12-20)27(28(38)35-26-18(2)9-8-10-22(26)32)36(24-17-19(24)3)29(39)23(15-16-25(33)37)34-30(40)41-31(4,5)6/h1,8-14,19,23-24,27H,15-17H2,2-6H3,(H2,33,37)(H,34,40)(H,35,38). The highest BCUT2D eigenvalue weighted by atomic mass is 35.5. The van der Waals surface area contributed by atoms with Gasteiger partial charge in [-0.15, -0.1) is 6.42 Å². The third-order valence-corrected chi connectivity index (χ3v) is 7.05. The van der Waals surface area contributed by atoms with E-state index in [2.05, 4.69) is 16.6 Å². The second-order valence-corrected chi connectivity index (χ2v) is 11.7. The van der Waals surface area contributed by atoms with Crippen LogP contribution in [-0.4, -0.2) is 46.4 Å². The zero-order valence-electron chi connectivity index (χ0n) is 24.0. The lowest BCUT2D eigenvalue weighted by atomic mass is 9.99. The van der Waals surface area contributed by atoms with Gasteiger partial charge >= 0.3 is 6.09 Å². The maximum absolute atomic E-state index is 14.3. The van der Waals surface area contributed by atoms with Crippen molar-refractivity contribution in [3.8, 4) is 12.3 Å². The van der Waals surface area contributed by atoms with E-state index in [1.807, 2.05) is 19.9 Å². The number of rotatable bonds is 10. The summed E-state index contributed by atoms with van der Waals surface area (Å²) < 4.78 is 5.38. The fourth-order valence-electron chi connectivity index (χ4n) is 4.53. The minimum atomic E-state index is -1.17. The molecule has 0 radical (unpaired) electrons. The lowest BCUT2D eigenvalue weighted by molar-refractivity contribution is -0.142. The molecule has 0 spiro atoms. The normalized spacial score (nSPS) is 17.4. The van der Waals surface area contributed by atoms with Gasteiger partial charge < -0.3 is 26.0 Å². The van der Waals surface area contributed by atoms with Crippen LogP contribution < -0.4 is 16.4 Å². The van der Waals surface area contributed by atoms with E-state index < -0.39 is 41.5 Å². The summed E-state index contributed by atoms with van der Waals surface area (Å²) in [6, 6.07) is 9.47. The van der Waals surface area contributed by atoms with Gasteiger partial charge in [-0.3, -0.25) is 14.4 Å². The van der Waals surface area contributed by atoms with E-state index >= 15 is 0 Å². The number of benzene rings is 2. The molecule has 41 heavy (non-hydrogen) atoms. The van der Waals surface area contributed by atoms with Crippen LogP contribution in [0.5, 0.6) is 0 Å². The topological polar surface area (TPSA) is 131 Å². The van der Waals surface area contributed by atoms with Gasteiger partial charge in [0, 0.05) is 18.0 Å². The molecule has 4 N–H and O–H groups in total. The summed E-state index contributed by atoms with van der Waals surface area (Å²) in [5.74, 6) is 0.988. The first kappa shape index (κ1) is 31.5. The molecule has 0 aromatic heterocycles. The van der Waals surface area contributed by atoms with Gasteiger partial charge in [-0.1, -0.05) is 48.7 Å². The molecule has 3 rings (SSSR count).